The molecule has 0 radical (unpaired) electrons. The number of pyridine rings is 1. The highest BCUT2D eigenvalue weighted by atomic mass is 16.5. The molecule has 0 saturated heterocycles. The lowest BCUT2D eigenvalue weighted by atomic mass is 10.2. The van der Waals surface area contributed by atoms with Crippen LogP contribution in [0.4, 0.5) is 11.4 Å². The van der Waals surface area contributed by atoms with Gasteiger partial charge in [0.15, 0.2) is 0 Å². The lowest BCUT2D eigenvalue weighted by molar-refractivity contribution is 0.413. The molecule has 0 spiro atoms. The molecular formula is C17H23N3O. The number of anilines is 2. The van der Waals surface area contributed by atoms with E-state index < -0.39 is 0 Å². The largest absolute Gasteiger partial charge is 0.497 e. The molecule has 4 heteroatoms. The highest BCUT2D eigenvalue weighted by Crippen LogP contribution is 2.21. The Morgan fingerprint density at radius 1 is 1.24 bits per heavy atom. The number of hydrogen-bond acceptors (Lipinski definition) is 4. The van der Waals surface area contributed by atoms with Crippen molar-refractivity contribution < 1.29 is 4.74 Å². The van der Waals surface area contributed by atoms with E-state index in [0.717, 1.165) is 48.0 Å². The molecule has 2 aromatic rings. The molecule has 112 valence electrons. The number of nitrogens with two attached hydrogens (primary N) is 1. The molecule has 0 atom stereocenters. The number of rotatable bonds is 6. The van der Waals surface area contributed by atoms with Crippen molar-refractivity contribution in [3.63, 3.8) is 0 Å². The van der Waals surface area contributed by atoms with Gasteiger partial charge in [0.05, 0.1) is 19.3 Å². The quantitative estimate of drug-likeness (QED) is 0.826. The van der Waals surface area contributed by atoms with Gasteiger partial charge >= 0.3 is 0 Å². The Bertz CT molecular complexity index is 598. The maximum Gasteiger partial charge on any atom is 0.122 e. The summed E-state index contributed by atoms with van der Waals surface area (Å²) in [5.74, 6) is 0.849. The molecule has 0 fully saturated rings. The van der Waals surface area contributed by atoms with Gasteiger partial charge in [0, 0.05) is 35.7 Å². The van der Waals surface area contributed by atoms with Gasteiger partial charge in [-0.3, -0.25) is 4.98 Å². The smallest absolute Gasteiger partial charge is 0.122 e. The van der Waals surface area contributed by atoms with Crippen LogP contribution in [0.1, 0.15) is 24.7 Å². The van der Waals surface area contributed by atoms with Crippen LogP contribution in [0.5, 0.6) is 5.75 Å². The molecule has 21 heavy (non-hydrogen) atoms. The second-order valence-corrected chi connectivity index (χ2v) is 5.16. The van der Waals surface area contributed by atoms with E-state index in [0.29, 0.717) is 0 Å². The fourth-order valence-corrected chi connectivity index (χ4v) is 2.39. The van der Waals surface area contributed by atoms with Crippen molar-refractivity contribution >= 4 is 11.4 Å². The summed E-state index contributed by atoms with van der Waals surface area (Å²) in [7, 11) is 1.68. The first-order valence-electron chi connectivity index (χ1n) is 7.24. The number of nitrogen functional groups attached to an aromatic ring is 1. The lowest BCUT2D eigenvalue weighted by Gasteiger charge is -2.24. The van der Waals surface area contributed by atoms with E-state index in [9.17, 15) is 0 Å². The molecule has 4 nitrogen and oxygen atoms in total. The molecule has 0 saturated carbocycles. The van der Waals surface area contributed by atoms with Crippen LogP contribution < -0.4 is 15.4 Å². The SMILES string of the molecule is CCCN(Cc1cc(OC)cc(C)n1)c1cccc(N)c1. The Hall–Kier alpha value is -2.23. The van der Waals surface area contributed by atoms with Gasteiger partial charge < -0.3 is 15.4 Å². The van der Waals surface area contributed by atoms with E-state index in [-0.39, 0.29) is 0 Å². The first-order chi connectivity index (χ1) is 10.1. The van der Waals surface area contributed by atoms with Gasteiger partial charge in [-0.05, 0) is 31.5 Å². The number of aryl methyl sites for hydroxylation is 1. The second kappa shape index (κ2) is 6.97. The van der Waals surface area contributed by atoms with Gasteiger partial charge in [-0.2, -0.15) is 0 Å². The number of benzene rings is 1. The molecule has 0 unspecified atom stereocenters. The van der Waals surface area contributed by atoms with Crippen LogP contribution in [0.3, 0.4) is 0 Å². The predicted molar refractivity (Wildman–Crippen MR) is 87.7 cm³/mol. The van der Waals surface area contributed by atoms with Gasteiger partial charge in [-0.15, -0.1) is 0 Å². The zero-order chi connectivity index (χ0) is 15.2. The van der Waals surface area contributed by atoms with E-state index in [4.69, 9.17) is 10.5 Å². The predicted octanol–water partition coefficient (Wildman–Crippen LogP) is 3.40. The molecule has 0 aliphatic rings. The summed E-state index contributed by atoms with van der Waals surface area (Å²) in [6.45, 7) is 5.86. The van der Waals surface area contributed by atoms with E-state index in [1.807, 2.05) is 37.3 Å². The van der Waals surface area contributed by atoms with Crippen LogP contribution in [0.2, 0.25) is 0 Å². The van der Waals surface area contributed by atoms with Crippen LogP contribution in [0.15, 0.2) is 36.4 Å². The molecule has 0 amide bonds. The van der Waals surface area contributed by atoms with Crippen LogP contribution >= 0.6 is 0 Å². The highest BCUT2D eigenvalue weighted by molar-refractivity contribution is 5.56. The van der Waals surface area contributed by atoms with E-state index in [1.165, 1.54) is 0 Å². The summed E-state index contributed by atoms with van der Waals surface area (Å²) >= 11 is 0. The minimum atomic E-state index is 0.745. The van der Waals surface area contributed by atoms with Crippen LogP contribution in [-0.4, -0.2) is 18.6 Å². The maximum atomic E-state index is 5.89. The minimum Gasteiger partial charge on any atom is -0.497 e. The van der Waals surface area contributed by atoms with Crippen molar-refractivity contribution in [1.29, 1.82) is 0 Å². The Kier molecular flexibility index (Phi) is 5.04. The van der Waals surface area contributed by atoms with Crippen molar-refractivity contribution in [3.05, 3.63) is 47.8 Å². The summed E-state index contributed by atoms with van der Waals surface area (Å²) in [5.41, 5.74) is 9.77. The molecule has 1 heterocycles. The van der Waals surface area contributed by atoms with E-state index in [1.54, 1.807) is 7.11 Å². The van der Waals surface area contributed by atoms with Crippen LogP contribution in [0, 0.1) is 6.92 Å². The van der Waals surface area contributed by atoms with Crippen molar-refractivity contribution in [3.8, 4) is 5.75 Å². The number of nitrogens with zero attached hydrogens (tertiary/aromatic N) is 2. The molecule has 1 aromatic heterocycles. The number of methoxy groups -OCH3 is 1. The topological polar surface area (TPSA) is 51.4 Å². The lowest BCUT2D eigenvalue weighted by Crippen LogP contribution is -2.24. The standard InChI is InChI=1S/C17H23N3O/c1-4-8-20(16-7-5-6-14(18)10-16)12-15-11-17(21-3)9-13(2)19-15/h5-7,9-11H,4,8,12,18H2,1-3H3. The average molecular weight is 285 g/mol. The molecule has 0 bridgehead atoms. The summed E-state index contributed by atoms with van der Waals surface area (Å²) in [6.07, 6.45) is 1.07. The van der Waals surface area contributed by atoms with Gasteiger partial charge in [-0.25, -0.2) is 0 Å². The zero-order valence-corrected chi connectivity index (χ0v) is 13.0. The second-order valence-electron chi connectivity index (χ2n) is 5.16. The van der Waals surface area contributed by atoms with Crippen molar-refractivity contribution in [1.82, 2.24) is 4.98 Å². The molecule has 0 aliphatic heterocycles. The third-order valence-electron chi connectivity index (χ3n) is 3.30. The normalized spacial score (nSPS) is 10.4. The fraction of sp³-hybridized carbons (Fsp3) is 0.353. The zero-order valence-electron chi connectivity index (χ0n) is 13.0. The molecule has 2 rings (SSSR count). The third-order valence-corrected chi connectivity index (χ3v) is 3.30. The Balaban J connectivity index is 2.25. The number of ether oxygens (including phenoxy) is 1. The number of hydrogen-bond donors (Lipinski definition) is 1. The first-order valence-corrected chi connectivity index (χ1v) is 7.24. The Labute approximate surface area is 126 Å². The summed E-state index contributed by atoms with van der Waals surface area (Å²) in [4.78, 5) is 6.89. The Morgan fingerprint density at radius 2 is 2.05 bits per heavy atom. The monoisotopic (exact) mass is 285 g/mol. The molecule has 0 aliphatic carbocycles. The first kappa shape index (κ1) is 15.2. The van der Waals surface area contributed by atoms with Gasteiger partial charge in [0.25, 0.3) is 0 Å². The van der Waals surface area contributed by atoms with Crippen molar-refractivity contribution in [2.45, 2.75) is 26.8 Å². The summed E-state index contributed by atoms with van der Waals surface area (Å²) < 4.78 is 5.32. The average Bonchev–Trinajstić information content (AvgIpc) is 2.46. The third kappa shape index (κ3) is 4.12. The van der Waals surface area contributed by atoms with Gasteiger partial charge in [0.2, 0.25) is 0 Å². The van der Waals surface area contributed by atoms with Gasteiger partial charge in [0.1, 0.15) is 5.75 Å². The molecule has 1 aromatic carbocycles. The van der Waals surface area contributed by atoms with Gasteiger partial charge in [-0.1, -0.05) is 13.0 Å². The van der Waals surface area contributed by atoms with Crippen LogP contribution in [0.25, 0.3) is 0 Å². The number of aromatic nitrogens is 1. The van der Waals surface area contributed by atoms with E-state index in [2.05, 4.69) is 22.9 Å². The fourth-order valence-electron chi connectivity index (χ4n) is 2.39. The van der Waals surface area contributed by atoms with Crippen molar-refractivity contribution in [2.75, 3.05) is 24.3 Å². The van der Waals surface area contributed by atoms with E-state index >= 15 is 0 Å². The van der Waals surface area contributed by atoms with Crippen molar-refractivity contribution in [2.24, 2.45) is 0 Å². The highest BCUT2D eigenvalue weighted by Gasteiger charge is 2.09. The molecule has 2 N–H and O–H groups in total. The maximum absolute atomic E-state index is 5.89. The summed E-state index contributed by atoms with van der Waals surface area (Å²) in [5, 5.41) is 0. The molecular weight excluding hydrogens is 262 g/mol. The minimum absolute atomic E-state index is 0.745. The van der Waals surface area contributed by atoms with Crippen LogP contribution in [-0.2, 0) is 6.54 Å². The summed E-state index contributed by atoms with van der Waals surface area (Å²) in [6, 6.07) is 11.9. The Morgan fingerprint density at radius 3 is 2.71 bits per heavy atom.